The Bertz CT molecular complexity index is 789. The maximum absolute atomic E-state index is 12.3. The first kappa shape index (κ1) is 20.8. The highest BCUT2D eigenvalue weighted by atomic mass is 32.2. The van der Waals surface area contributed by atoms with Gasteiger partial charge in [-0.3, -0.25) is 4.79 Å². The molecule has 1 N–H and O–H groups in total. The minimum absolute atomic E-state index is 0.118. The van der Waals surface area contributed by atoms with Gasteiger partial charge >= 0.3 is 5.97 Å². The first-order chi connectivity index (χ1) is 13.0. The zero-order valence-electron chi connectivity index (χ0n) is 16.1. The zero-order valence-corrected chi connectivity index (χ0v) is 16.9. The number of nitrogens with one attached hydrogen (secondary N) is 1. The predicted octanol–water partition coefficient (Wildman–Crippen LogP) is 4.15. The zero-order chi connectivity index (χ0) is 19.8. The number of amides is 1. The lowest BCUT2D eigenvalue weighted by Gasteiger charge is -2.18. The molecule has 5 nitrogen and oxygen atoms in total. The molecule has 0 heterocycles. The summed E-state index contributed by atoms with van der Waals surface area (Å²) in [5, 5.41) is 2.91. The molecule has 27 heavy (non-hydrogen) atoms. The second-order valence-corrected chi connectivity index (χ2v) is 6.96. The highest BCUT2D eigenvalue weighted by molar-refractivity contribution is 7.98. The van der Waals surface area contributed by atoms with Gasteiger partial charge in [-0.2, -0.15) is 0 Å². The standard InChI is InChI=1S/C21H25NO4S/c1-5-18(15-8-6-14(2)7-9-15)22-20(23)13-26-21(24)17-11-10-16(27-4)12-19(17)25-3/h6-12,18H,5,13H2,1-4H3,(H,22,23)/t18-/m1/s1. The van der Waals surface area contributed by atoms with Crippen LogP contribution in [0.1, 0.15) is 40.9 Å². The van der Waals surface area contributed by atoms with Crippen molar-refractivity contribution in [2.75, 3.05) is 20.0 Å². The van der Waals surface area contributed by atoms with Crippen LogP contribution < -0.4 is 10.1 Å². The SMILES string of the molecule is CC[C@@H](NC(=O)COC(=O)c1ccc(SC)cc1OC)c1ccc(C)cc1. The van der Waals surface area contributed by atoms with Crippen LogP contribution in [0.3, 0.4) is 0 Å². The fourth-order valence-corrected chi connectivity index (χ4v) is 3.06. The van der Waals surface area contributed by atoms with E-state index in [1.54, 1.807) is 23.9 Å². The fraction of sp³-hybridized carbons (Fsp3) is 0.333. The van der Waals surface area contributed by atoms with E-state index in [0.717, 1.165) is 22.4 Å². The molecule has 0 bridgehead atoms. The summed E-state index contributed by atoms with van der Waals surface area (Å²) in [6.07, 6.45) is 2.68. The Balaban J connectivity index is 1.96. The molecular weight excluding hydrogens is 362 g/mol. The molecule has 0 saturated heterocycles. The van der Waals surface area contributed by atoms with E-state index < -0.39 is 5.97 Å². The van der Waals surface area contributed by atoms with Crippen LogP contribution in [0.4, 0.5) is 0 Å². The van der Waals surface area contributed by atoms with Gasteiger partial charge in [-0.15, -0.1) is 11.8 Å². The molecule has 2 aromatic rings. The second-order valence-electron chi connectivity index (χ2n) is 6.08. The van der Waals surface area contributed by atoms with E-state index in [4.69, 9.17) is 9.47 Å². The van der Waals surface area contributed by atoms with Crippen LogP contribution >= 0.6 is 11.8 Å². The van der Waals surface area contributed by atoms with Crippen molar-refractivity contribution in [1.29, 1.82) is 0 Å². The van der Waals surface area contributed by atoms with E-state index >= 15 is 0 Å². The molecule has 0 spiro atoms. The normalized spacial score (nSPS) is 11.6. The first-order valence-corrected chi connectivity index (χ1v) is 9.96. The first-order valence-electron chi connectivity index (χ1n) is 8.73. The van der Waals surface area contributed by atoms with Gasteiger partial charge in [0, 0.05) is 4.90 Å². The molecule has 0 aliphatic rings. The van der Waals surface area contributed by atoms with Crippen LogP contribution in [0.2, 0.25) is 0 Å². The lowest BCUT2D eigenvalue weighted by Crippen LogP contribution is -2.32. The predicted molar refractivity (Wildman–Crippen MR) is 107 cm³/mol. The van der Waals surface area contributed by atoms with Crippen LogP contribution in [0.25, 0.3) is 0 Å². The van der Waals surface area contributed by atoms with E-state index in [1.807, 2.05) is 50.4 Å². The van der Waals surface area contributed by atoms with Crippen LogP contribution in [0, 0.1) is 6.92 Å². The Morgan fingerprint density at radius 1 is 1.15 bits per heavy atom. The van der Waals surface area contributed by atoms with Crippen LogP contribution in [0.5, 0.6) is 5.75 Å². The topological polar surface area (TPSA) is 64.6 Å². The molecule has 6 heteroatoms. The summed E-state index contributed by atoms with van der Waals surface area (Å²) in [6.45, 7) is 3.67. The Morgan fingerprint density at radius 3 is 2.44 bits per heavy atom. The van der Waals surface area contributed by atoms with Crippen molar-refractivity contribution < 1.29 is 19.1 Å². The number of ether oxygens (including phenoxy) is 2. The number of benzene rings is 2. The fourth-order valence-electron chi connectivity index (χ4n) is 2.63. The lowest BCUT2D eigenvalue weighted by atomic mass is 10.0. The number of hydrogen-bond donors (Lipinski definition) is 1. The van der Waals surface area contributed by atoms with Crippen molar-refractivity contribution in [1.82, 2.24) is 5.32 Å². The van der Waals surface area contributed by atoms with Gasteiger partial charge in [0.15, 0.2) is 6.61 Å². The van der Waals surface area contributed by atoms with Gasteiger partial charge in [0.2, 0.25) is 0 Å². The summed E-state index contributed by atoms with van der Waals surface area (Å²) in [4.78, 5) is 25.5. The Morgan fingerprint density at radius 2 is 1.85 bits per heavy atom. The van der Waals surface area contributed by atoms with Gasteiger partial charge in [0.05, 0.1) is 13.2 Å². The summed E-state index contributed by atoms with van der Waals surface area (Å²) >= 11 is 1.55. The maximum Gasteiger partial charge on any atom is 0.342 e. The average molecular weight is 388 g/mol. The summed E-state index contributed by atoms with van der Waals surface area (Å²) < 4.78 is 10.4. The molecular formula is C21H25NO4S. The van der Waals surface area contributed by atoms with E-state index in [9.17, 15) is 9.59 Å². The molecule has 2 aromatic carbocycles. The number of esters is 1. The quantitative estimate of drug-likeness (QED) is 0.544. The van der Waals surface area contributed by atoms with E-state index in [1.165, 1.54) is 7.11 Å². The van der Waals surface area contributed by atoms with E-state index in [2.05, 4.69) is 5.32 Å². The largest absolute Gasteiger partial charge is 0.496 e. The van der Waals surface area contributed by atoms with Crippen molar-refractivity contribution >= 4 is 23.6 Å². The number of hydrogen-bond acceptors (Lipinski definition) is 5. The Hall–Kier alpha value is -2.47. The number of methoxy groups -OCH3 is 1. The molecule has 0 aliphatic heterocycles. The number of carbonyl (C=O) groups excluding carboxylic acids is 2. The smallest absolute Gasteiger partial charge is 0.342 e. The molecule has 2 rings (SSSR count). The third-order valence-electron chi connectivity index (χ3n) is 4.19. The molecule has 0 saturated carbocycles. The van der Waals surface area contributed by atoms with Gasteiger partial charge < -0.3 is 14.8 Å². The monoisotopic (exact) mass is 387 g/mol. The average Bonchev–Trinajstić information content (AvgIpc) is 2.70. The van der Waals surface area contributed by atoms with Gasteiger partial charge in [-0.1, -0.05) is 36.8 Å². The van der Waals surface area contributed by atoms with E-state index in [-0.39, 0.29) is 18.6 Å². The molecule has 0 aliphatic carbocycles. The Labute approximate surface area is 164 Å². The number of aryl methyl sites for hydroxylation is 1. The molecule has 1 atom stereocenters. The summed E-state index contributed by atoms with van der Waals surface area (Å²) in [5.41, 5.74) is 2.49. The molecule has 144 valence electrons. The highest BCUT2D eigenvalue weighted by Gasteiger charge is 2.18. The third kappa shape index (κ3) is 5.76. The minimum atomic E-state index is -0.585. The molecule has 0 radical (unpaired) electrons. The van der Waals surface area contributed by atoms with Crippen molar-refractivity contribution in [2.45, 2.75) is 31.2 Å². The molecule has 0 aromatic heterocycles. The van der Waals surface area contributed by atoms with Crippen molar-refractivity contribution in [3.63, 3.8) is 0 Å². The van der Waals surface area contributed by atoms with Crippen LogP contribution in [-0.4, -0.2) is 31.8 Å². The van der Waals surface area contributed by atoms with Crippen LogP contribution in [-0.2, 0) is 9.53 Å². The number of thioether (sulfide) groups is 1. The number of carbonyl (C=O) groups is 2. The highest BCUT2D eigenvalue weighted by Crippen LogP contribution is 2.26. The van der Waals surface area contributed by atoms with E-state index in [0.29, 0.717) is 11.3 Å². The third-order valence-corrected chi connectivity index (χ3v) is 4.91. The van der Waals surface area contributed by atoms with Crippen molar-refractivity contribution in [2.24, 2.45) is 0 Å². The van der Waals surface area contributed by atoms with Gasteiger partial charge in [0.25, 0.3) is 5.91 Å². The molecule has 0 fully saturated rings. The Kier molecular flexibility index (Phi) is 7.73. The van der Waals surface area contributed by atoms with Crippen LogP contribution in [0.15, 0.2) is 47.4 Å². The maximum atomic E-state index is 12.3. The molecule has 0 unspecified atom stereocenters. The lowest BCUT2D eigenvalue weighted by molar-refractivity contribution is -0.125. The van der Waals surface area contributed by atoms with Gasteiger partial charge in [-0.25, -0.2) is 4.79 Å². The summed E-state index contributed by atoms with van der Waals surface area (Å²) in [6, 6.07) is 13.1. The van der Waals surface area contributed by atoms with Crippen molar-refractivity contribution in [3.8, 4) is 5.75 Å². The number of rotatable bonds is 8. The van der Waals surface area contributed by atoms with Gasteiger partial charge in [0.1, 0.15) is 11.3 Å². The second kappa shape index (κ2) is 10.0. The summed E-state index contributed by atoms with van der Waals surface area (Å²) in [7, 11) is 1.50. The summed E-state index contributed by atoms with van der Waals surface area (Å²) in [5.74, 6) is -0.494. The van der Waals surface area contributed by atoms with Crippen molar-refractivity contribution in [3.05, 3.63) is 59.2 Å². The molecule has 1 amide bonds. The van der Waals surface area contributed by atoms with Gasteiger partial charge in [-0.05, 0) is 43.4 Å². The minimum Gasteiger partial charge on any atom is -0.496 e.